The zero-order chi connectivity index (χ0) is 23.0. The summed E-state index contributed by atoms with van der Waals surface area (Å²) in [6.07, 6.45) is 0.456. The highest BCUT2D eigenvalue weighted by Gasteiger charge is 2.54. The fourth-order valence-electron chi connectivity index (χ4n) is 5.69. The molecule has 0 bridgehead atoms. The van der Waals surface area contributed by atoms with E-state index in [9.17, 15) is 14.7 Å². The molecule has 0 saturated carbocycles. The predicted octanol–water partition coefficient (Wildman–Crippen LogP) is 2.88. The number of ether oxygens (including phenoxy) is 2. The molecule has 32 heavy (non-hydrogen) atoms. The minimum atomic E-state index is -1.04. The summed E-state index contributed by atoms with van der Waals surface area (Å²) >= 11 is 0. The Morgan fingerprint density at radius 2 is 2.00 bits per heavy atom. The van der Waals surface area contributed by atoms with Gasteiger partial charge in [-0.2, -0.15) is 0 Å². The fourth-order valence-corrected chi connectivity index (χ4v) is 5.69. The molecule has 8 heteroatoms. The van der Waals surface area contributed by atoms with E-state index in [0.29, 0.717) is 26.2 Å². The number of carboxylic acid groups (broad SMARTS) is 1. The van der Waals surface area contributed by atoms with Crippen LogP contribution in [0.3, 0.4) is 0 Å². The number of amides is 2. The van der Waals surface area contributed by atoms with E-state index < -0.39 is 12.1 Å². The number of nitrogens with zero attached hydrogens (tertiary/aromatic N) is 2. The molecule has 4 rings (SSSR count). The SMILES string of the molecule is CCO[C@@H]1C[C@@H]2C(C(C)(C)C)N(C(=O)O)[C@H](C(=O)N[C@@H]3CCOc4ccccc43)CN2C1. The third-order valence-corrected chi connectivity index (χ3v) is 6.91. The second kappa shape index (κ2) is 8.90. The van der Waals surface area contributed by atoms with Crippen molar-refractivity contribution in [3.63, 3.8) is 0 Å². The fraction of sp³-hybridized carbons (Fsp3) is 0.667. The molecule has 1 unspecified atom stereocenters. The Labute approximate surface area is 189 Å². The lowest BCUT2D eigenvalue weighted by Gasteiger charge is -2.52. The molecule has 0 radical (unpaired) electrons. The molecule has 2 N–H and O–H groups in total. The van der Waals surface area contributed by atoms with Gasteiger partial charge >= 0.3 is 6.09 Å². The number of carbonyl (C=O) groups excluding carboxylic acids is 1. The zero-order valence-corrected chi connectivity index (χ0v) is 19.4. The minimum Gasteiger partial charge on any atom is -0.493 e. The van der Waals surface area contributed by atoms with Gasteiger partial charge in [0.15, 0.2) is 0 Å². The summed E-state index contributed by atoms with van der Waals surface area (Å²) in [6, 6.07) is 6.45. The monoisotopic (exact) mass is 445 g/mol. The maximum absolute atomic E-state index is 13.5. The molecule has 1 aromatic rings. The Kier molecular flexibility index (Phi) is 6.36. The Bertz CT molecular complexity index is 854. The van der Waals surface area contributed by atoms with Gasteiger partial charge in [-0.15, -0.1) is 0 Å². The van der Waals surface area contributed by atoms with Crippen molar-refractivity contribution >= 4 is 12.0 Å². The summed E-state index contributed by atoms with van der Waals surface area (Å²) in [4.78, 5) is 29.7. The molecule has 176 valence electrons. The van der Waals surface area contributed by atoms with Crippen molar-refractivity contribution in [2.45, 2.75) is 70.8 Å². The van der Waals surface area contributed by atoms with Crippen LogP contribution in [-0.4, -0.2) is 77.4 Å². The van der Waals surface area contributed by atoms with Gasteiger partial charge in [0.2, 0.25) is 5.91 Å². The van der Waals surface area contributed by atoms with Gasteiger partial charge in [0.05, 0.1) is 24.8 Å². The topological polar surface area (TPSA) is 91.3 Å². The standard InChI is InChI=1S/C24H35N3O5/c1-5-31-15-12-18-21(24(2,3)4)27(23(29)30)19(14-26(18)13-15)22(28)25-17-10-11-32-20-9-7-6-8-16(17)20/h6-9,15,17-19,21H,5,10-14H2,1-4H3,(H,25,28)(H,29,30)/t15-,17-,18-,19+,21?/m1/s1. The maximum Gasteiger partial charge on any atom is 0.408 e. The first-order chi connectivity index (χ1) is 15.2. The van der Waals surface area contributed by atoms with Gasteiger partial charge in [-0.25, -0.2) is 4.79 Å². The van der Waals surface area contributed by atoms with Crippen LogP contribution in [0, 0.1) is 5.41 Å². The number of hydrogen-bond acceptors (Lipinski definition) is 5. The third-order valence-electron chi connectivity index (χ3n) is 6.91. The minimum absolute atomic E-state index is 0.0375. The molecule has 0 aromatic heterocycles. The average Bonchev–Trinajstić information content (AvgIpc) is 3.14. The van der Waals surface area contributed by atoms with Crippen LogP contribution < -0.4 is 10.1 Å². The predicted molar refractivity (Wildman–Crippen MR) is 120 cm³/mol. The average molecular weight is 446 g/mol. The Hall–Kier alpha value is -2.32. The number of carbonyl (C=O) groups is 2. The van der Waals surface area contributed by atoms with E-state index in [2.05, 4.69) is 31.0 Å². The number of para-hydroxylation sites is 1. The molecule has 2 amide bonds. The first-order valence-electron chi connectivity index (χ1n) is 11.6. The van der Waals surface area contributed by atoms with Crippen LogP contribution in [0.25, 0.3) is 0 Å². The highest BCUT2D eigenvalue weighted by Crippen LogP contribution is 2.40. The first kappa shape index (κ1) is 22.9. The van der Waals surface area contributed by atoms with E-state index in [1.54, 1.807) is 0 Å². The van der Waals surface area contributed by atoms with Gasteiger partial charge in [-0.05, 0) is 24.8 Å². The molecular formula is C24H35N3O5. The molecular weight excluding hydrogens is 410 g/mol. The number of piperazine rings is 1. The third kappa shape index (κ3) is 4.30. The number of rotatable bonds is 4. The molecule has 2 saturated heterocycles. The van der Waals surface area contributed by atoms with Crippen molar-refractivity contribution < 1.29 is 24.2 Å². The van der Waals surface area contributed by atoms with Gasteiger partial charge in [-0.1, -0.05) is 39.0 Å². The lowest BCUT2D eigenvalue weighted by molar-refractivity contribution is -0.134. The number of fused-ring (bicyclic) bond motifs is 2. The summed E-state index contributed by atoms with van der Waals surface area (Å²) in [5.41, 5.74) is 0.611. The van der Waals surface area contributed by atoms with E-state index in [-0.39, 0.29) is 35.6 Å². The summed E-state index contributed by atoms with van der Waals surface area (Å²) in [7, 11) is 0. The highest BCUT2D eigenvalue weighted by atomic mass is 16.5. The van der Waals surface area contributed by atoms with Crippen molar-refractivity contribution in [2.75, 3.05) is 26.3 Å². The lowest BCUT2D eigenvalue weighted by Crippen LogP contribution is -2.70. The van der Waals surface area contributed by atoms with Crippen LogP contribution in [0.15, 0.2) is 24.3 Å². The van der Waals surface area contributed by atoms with Gasteiger partial charge in [0.1, 0.15) is 11.8 Å². The highest BCUT2D eigenvalue weighted by molar-refractivity contribution is 5.86. The van der Waals surface area contributed by atoms with Crippen LogP contribution in [-0.2, 0) is 9.53 Å². The molecule has 2 fully saturated rings. The van der Waals surface area contributed by atoms with Crippen LogP contribution >= 0.6 is 0 Å². The molecule has 3 aliphatic rings. The molecule has 5 atom stereocenters. The summed E-state index contributed by atoms with van der Waals surface area (Å²) in [5, 5.41) is 13.4. The maximum atomic E-state index is 13.5. The van der Waals surface area contributed by atoms with Gasteiger partial charge in [0, 0.05) is 37.7 Å². The molecule has 3 heterocycles. The van der Waals surface area contributed by atoms with Crippen LogP contribution in [0.5, 0.6) is 5.75 Å². The van der Waals surface area contributed by atoms with Gasteiger partial charge < -0.3 is 19.9 Å². The molecule has 8 nitrogen and oxygen atoms in total. The summed E-state index contributed by atoms with van der Waals surface area (Å²) < 4.78 is 11.6. The Morgan fingerprint density at radius 1 is 1.25 bits per heavy atom. The van der Waals surface area contributed by atoms with Crippen LogP contribution in [0.2, 0.25) is 0 Å². The van der Waals surface area contributed by atoms with E-state index in [1.165, 1.54) is 4.90 Å². The van der Waals surface area contributed by atoms with Crippen molar-refractivity contribution in [3.05, 3.63) is 29.8 Å². The first-order valence-corrected chi connectivity index (χ1v) is 11.6. The van der Waals surface area contributed by atoms with Crippen molar-refractivity contribution in [1.82, 2.24) is 15.1 Å². The Balaban J connectivity index is 1.61. The van der Waals surface area contributed by atoms with E-state index in [0.717, 1.165) is 24.3 Å². The lowest BCUT2D eigenvalue weighted by atomic mass is 9.78. The quantitative estimate of drug-likeness (QED) is 0.741. The normalized spacial score (nSPS) is 30.2. The van der Waals surface area contributed by atoms with Gasteiger partial charge in [0.25, 0.3) is 0 Å². The van der Waals surface area contributed by atoms with E-state index >= 15 is 0 Å². The van der Waals surface area contributed by atoms with E-state index in [4.69, 9.17) is 9.47 Å². The molecule has 1 aromatic carbocycles. The van der Waals surface area contributed by atoms with E-state index in [1.807, 2.05) is 31.2 Å². The van der Waals surface area contributed by atoms with Crippen LogP contribution in [0.4, 0.5) is 4.79 Å². The van der Waals surface area contributed by atoms with Crippen molar-refractivity contribution in [1.29, 1.82) is 0 Å². The largest absolute Gasteiger partial charge is 0.493 e. The van der Waals surface area contributed by atoms with Crippen molar-refractivity contribution in [2.24, 2.45) is 5.41 Å². The Morgan fingerprint density at radius 3 is 2.69 bits per heavy atom. The molecule has 3 aliphatic heterocycles. The molecule has 0 aliphatic carbocycles. The second-order valence-corrected chi connectivity index (χ2v) is 10.1. The second-order valence-electron chi connectivity index (χ2n) is 10.1. The smallest absolute Gasteiger partial charge is 0.408 e. The number of nitrogens with one attached hydrogen (secondary N) is 1. The van der Waals surface area contributed by atoms with Crippen molar-refractivity contribution in [3.8, 4) is 5.75 Å². The summed E-state index contributed by atoms with van der Waals surface area (Å²) in [6.45, 7) is 10.4. The molecule has 0 spiro atoms. The van der Waals surface area contributed by atoms with Crippen LogP contribution in [0.1, 0.15) is 52.1 Å². The number of benzene rings is 1. The summed E-state index contributed by atoms with van der Waals surface area (Å²) in [5.74, 6) is 0.524. The van der Waals surface area contributed by atoms with Gasteiger partial charge in [-0.3, -0.25) is 14.6 Å². The zero-order valence-electron chi connectivity index (χ0n) is 19.4. The number of hydrogen-bond donors (Lipinski definition) is 2.